The Labute approximate surface area is 61.4 Å². The first-order chi connectivity index (χ1) is 3.77. The SMILES string of the molecule is COOCCC(=O)I. The Morgan fingerprint density at radius 3 is 2.75 bits per heavy atom. The second-order valence-corrected chi connectivity index (χ2v) is 2.30. The van der Waals surface area contributed by atoms with Crippen LogP contribution in [0.4, 0.5) is 0 Å². The number of hydrogen-bond donors (Lipinski definition) is 0. The lowest BCUT2D eigenvalue weighted by atomic mass is 10.5. The van der Waals surface area contributed by atoms with E-state index in [0.29, 0.717) is 13.0 Å². The molecule has 0 aromatic heterocycles. The molecule has 0 spiro atoms. The number of halogens is 1. The van der Waals surface area contributed by atoms with E-state index in [1.807, 2.05) is 0 Å². The van der Waals surface area contributed by atoms with E-state index in [0.717, 1.165) is 0 Å². The molecule has 3 nitrogen and oxygen atoms in total. The molecule has 0 N–H and O–H groups in total. The van der Waals surface area contributed by atoms with Crippen LogP contribution in [0.1, 0.15) is 6.42 Å². The predicted octanol–water partition coefficient (Wildman–Crippen LogP) is 0.916. The lowest BCUT2D eigenvalue weighted by Crippen LogP contribution is -1.96. The molecule has 0 aliphatic heterocycles. The highest BCUT2D eigenvalue weighted by molar-refractivity contribution is 14.1. The van der Waals surface area contributed by atoms with Crippen LogP contribution in [0.15, 0.2) is 0 Å². The third-order valence-electron chi connectivity index (χ3n) is 0.500. The Balaban J connectivity index is 2.82. The Bertz CT molecular complexity index is 73.7. The van der Waals surface area contributed by atoms with E-state index in [1.165, 1.54) is 7.11 Å². The smallest absolute Gasteiger partial charge is 0.194 e. The van der Waals surface area contributed by atoms with Crippen LogP contribution in [0.25, 0.3) is 0 Å². The van der Waals surface area contributed by atoms with Gasteiger partial charge in [-0.15, -0.1) is 0 Å². The minimum Gasteiger partial charge on any atom is -0.288 e. The average Bonchev–Trinajstić information content (AvgIpc) is 1.66. The van der Waals surface area contributed by atoms with Crippen LogP contribution in [0.2, 0.25) is 0 Å². The monoisotopic (exact) mass is 230 g/mol. The van der Waals surface area contributed by atoms with Gasteiger partial charge in [0.1, 0.15) is 0 Å². The topological polar surface area (TPSA) is 35.5 Å². The molecule has 0 heterocycles. The van der Waals surface area contributed by atoms with E-state index >= 15 is 0 Å². The summed E-state index contributed by atoms with van der Waals surface area (Å²) in [4.78, 5) is 18.8. The molecule has 0 unspecified atom stereocenters. The third kappa shape index (κ3) is 6.32. The molecule has 0 aliphatic carbocycles. The fourth-order valence-corrected chi connectivity index (χ4v) is 0.425. The van der Waals surface area contributed by atoms with Gasteiger partial charge in [0.15, 0.2) is 3.79 Å². The zero-order valence-corrected chi connectivity index (χ0v) is 6.67. The van der Waals surface area contributed by atoms with Crippen LogP contribution in [0.5, 0.6) is 0 Å². The van der Waals surface area contributed by atoms with Crippen molar-refractivity contribution < 1.29 is 14.6 Å². The minimum atomic E-state index is 0.0830. The normalized spacial score (nSPS) is 9.25. The summed E-state index contributed by atoms with van der Waals surface area (Å²) in [7, 11) is 1.41. The first kappa shape index (κ1) is 8.32. The van der Waals surface area contributed by atoms with Crippen molar-refractivity contribution >= 4 is 26.4 Å². The Morgan fingerprint density at radius 1 is 1.75 bits per heavy atom. The van der Waals surface area contributed by atoms with Gasteiger partial charge in [-0.3, -0.25) is 4.79 Å². The standard InChI is InChI=1S/C4H7IO3/c1-7-8-3-2-4(5)6/h2-3H2,1H3. The summed E-state index contributed by atoms with van der Waals surface area (Å²) >= 11 is 1.71. The highest BCUT2D eigenvalue weighted by Gasteiger charge is 1.92. The molecule has 0 atom stereocenters. The zero-order chi connectivity index (χ0) is 6.41. The van der Waals surface area contributed by atoms with Crippen molar-refractivity contribution in [3.05, 3.63) is 0 Å². The molecule has 0 saturated heterocycles. The molecule has 0 aromatic rings. The van der Waals surface area contributed by atoms with Gasteiger partial charge < -0.3 is 0 Å². The number of carbonyl (C=O) groups excluding carboxylic acids is 1. The van der Waals surface area contributed by atoms with Crippen LogP contribution in [-0.2, 0) is 14.6 Å². The highest BCUT2D eigenvalue weighted by atomic mass is 127. The first-order valence-electron chi connectivity index (χ1n) is 2.11. The molecule has 0 aromatic carbocycles. The molecule has 0 fully saturated rings. The van der Waals surface area contributed by atoms with Gasteiger partial charge in [0.2, 0.25) is 0 Å². The summed E-state index contributed by atoms with van der Waals surface area (Å²) in [6.45, 7) is 0.346. The van der Waals surface area contributed by atoms with Gasteiger partial charge in [-0.2, -0.15) is 0 Å². The van der Waals surface area contributed by atoms with E-state index in [4.69, 9.17) is 0 Å². The zero-order valence-electron chi connectivity index (χ0n) is 4.52. The van der Waals surface area contributed by atoms with E-state index in [1.54, 1.807) is 22.6 Å². The predicted molar refractivity (Wildman–Crippen MR) is 36.6 cm³/mol. The van der Waals surface area contributed by atoms with Crippen molar-refractivity contribution in [1.29, 1.82) is 0 Å². The van der Waals surface area contributed by atoms with Crippen molar-refractivity contribution in [3.63, 3.8) is 0 Å². The Hall–Kier alpha value is 0.320. The second-order valence-electron chi connectivity index (χ2n) is 1.09. The van der Waals surface area contributed by atoms with Crippen molar-refractivity contribution in [2.24, 2.45) is 0 Å². The average molecular weight is 230 g/mol. The van der Waals surface area contributed by atoms with Crippen molar-refractivity contribution in [2.45, 2.75) is 6.42 Å². The summed E-state index contributed by atoms with van der Waals surface area (Å²) in [5.41, 5.74) is 0. The van der Waals surface area contributed by atoms with Crippen molar-refractivity contribution in [1.82, 2.24) is 0 Å². The summed E-state index contributed by atoms with van der Waals surface area (Å²) in [6, 6.07) is 0. The summed E-state index contributed by atoms with van der Waals surface area (Å²) in [6.07, 6.45) is 0.411. The van der Waals surface area contributed by atoms with Gasteiger partial charge in [-0.05, 0) is 22.6 Å². The van der Waals surface area contributed by atoms with Gasteiger partial charge in [0, 0.05) is 6.42 Å². The van der Waals surface area contributed by atoms with E-state index in [-0.39, 0.29) is 3.79 Å². The van der Waals surface area contributed by atoms with Crippen molar-refractivity contribution in [2.75, 3.05) is 13.7 Å². The largest absolute Gasteiger partial charge is 0.288 e. The van der Waals surface area contributed by atoms with Crippen molar-refractivity contribution in [3.8, 4) is 0 Å². The summed E-state index contributed by atoms with van der Waals surface area (Å²) in [5.74, 6) is 0. The molecular weight excluding hydrogens is 223 g/mol. The summed E-state index contributed by atoms with van der Waals surface area (Å²) in [5, 5.41) is 0. The van der Waals surface area contributed by atoms with Gasteiger partial charge in [0.05, 0.1) is 13.7 Å². The van der Waals surface area contributed by atoms with Crippen LogP contribution in [0, 0.1) is 0 Å². The maximum atomic E-state index is 10.2. The minimum absolute atomic E-state index is 0.0830. The van der Waals surface area contributed by atoms with E-state index in [9.17, 15) is 4.79 Å². The van der Waals surface area contributed by atoms with Gasteiger partial charge in [0.25, 0.3) is 0 Å². The third-order valence-corrected chi connectivity index (χ3v) is 1.04. The quantitative estimate of drug-likeness (QED) is 0.237. The molecule has 0 aliphatic rings. The Morgan fingerprint density at radius 2 is 2.38 bits per heavy atom. The second kappa shape index (κ2) is 5.46. The molecule has 0 rings (SSSR count). The molecule has 0 amide bonds. The molecule has 0 bridgehead atoms. The van der Waals surface area contributed by atoms with E-state index in [2.05, 4.69) is 9.78 Å². The first-order valence-corrected chi connectivity index (χ1v) is 3.19. The lowest BCUT2D eigenvalue weighted by molar-refractivity contribution is -0.271. The molecule has 4 heteroatoms. The molecule has 8 heavy (non-hydrogen) atoms. The molecule has 0 saturated carbocycles. The number of hydrogen-bond acceptors (Lipinski definition) is 3. The number of carbonyl (C=O) groups is 1. The maximum Gasteiger partial charge on any atom is 0.194 e. The molecular formula is C4H7IO3. The number of rotatable bonds is 4. The van der Waals surface area contributed by atoms with Gasteiger partial charge in [-0.1, -0.05) is 0 Å². The van der Waals surface area contributed by atoms with E-state index < -0.39 is 0 Å². The van der Waals surface area contributed by atoms with Gasteiger partial charge in [-0.25, -0.2) is 9.78 Å². The molecule has 48 valence electrons. The molecule has 0 radical (unpaired) electrons. The highest BCUT2D eigenvalue weighted by Crippen LogP contribution is 1.91. The fraction of sp³-hybridized carbons (Fsp3) is 0.750. The van der Waals surface area contributed by atoms with Crippen LogP contribution in [-0.4, -0.2) is 17.5 Å². The van der Waals surface area contributed by atoms with Crippen LogP contribution in [0.3, 0.4) is 0 Å². The Kier molecular flexibility index (Phi) is 5.67. The summed E-state index contributed by atoms with van der Waals surface area (Å²) < 4.78 is 0.0830. The maximum absolute atomic E-state index is 10.2. The fourth-order valence-electron chi connectivity index (χ4n) is 0.205. The van der Waals surface area contributed by atoms with Gasteiger partial charge >= 0.3 is 0 Å². The lowest BCUT2D eigenvalue weighted by Gasteiger charge is -1.93. The van der Waals surface area contributed by atoms with Crippen LogP contribution >= 0.6 is 22.6 Å². The van der Waals surface area contributed by atoms with Crippen LogP contribution < -0.4 is 0 Å².